The average molecular weight is 271 g/mol. The Balaban J connectivity index is 2.26. The zero-order chi connectivity index (χ0) is 12.9. The lowest BCUT2D eigenvalue weighted by Gasteiger charge is -2.45. The summed E-state index contributed by atoms with van der Waals surface area (Å²) in [5, 5.41) is 0. The van der Waals surface area contributed by atoms with Crippen molar-refractivity contribution >= 4 is 15.4 Å². The van der Waals surface area contributed by atoms with Crippen LogP contribution in [0.5, 0.6) is 0 Å². The van der Waals surface area contributed by atoms with Crippen molar-refractivity contribution in [2.75, 3.05) is 0 Å². The first-order valence-electron chi connectivity index (χ1n) is 7.18. The van der Waals surface area contributed by atoms with Crippen molar-refractivity contribution in [2.24, 2.45) is 0 Å². The van der Waals surface area contributed by atoms with Crippen molar-refractivity contribution in [2.45, 2.75) is 76.9 Å². The van der Waals surface area contributed by atoms with Gasteiger partial charge in [-0.15, -0.1) is 6.58 Å². The van der Waals surface area contributed by atoms with Crippen molar-refractivity contribution in [3.05, 3.63) is 12.7 Å². The van der Waals surface area contributed by atoms with E-state index in [4.69, 9.17) is 4.43 Å². The normalized spacial score (nSPS) is 26.7. The van der Waals surface area contributed by atoms with Crippen molar-refractivity contribution in [3.63, 3.8) is 0 Å². The van der Waals surface area contributed by atoms with Gasteiger partial charge in [0.15, 0.2) is 7.83 Å². The van der Waals surface area contributed by atoms with E-state index in [1.54, 1.807) is 0 Å². The summed E-state index contributed by atoms with van der Waals surface area (Å²) in [4.78, 5) is 0. The smallest absolute Gasteiger partial charge is 0.174 e. The third-order valence-corrected chi connectivity index (χ3v) is 21.2. The molecule has 1 unspecified atom stereocenters. The van der Waals surface area contributed by atoms with Gasteiger partial charge in [0.1, 0.15) is 0 Å². The van der Waals surface area contributed by atoms with Gasteiger partial charge in [0, 0.05) is 6.10 Å². The Bertz CT molecular complexity index is 249. The van der Waals surface area contributed by atoms with Crippen LogP contribution < -0.4 is 0 Å². The number of hydrogen-bond acceptors (Lipinski definition) is 1. The van der Waals surface area contributed by atoms with Crippen LogP contribution in [-0.4, -0.2) is 21.5 Å². The minimum atomic E-state index is -1.33. The lowest BCUT2D eigenvalue weighted by atomic mass is 10.1. The number of hydrogen-bond donors (Lipinski definition) is 0. The third kappa shape index (κ3) is 4.38. The summed E-state index contributed by atoms with van der Waals surface area (Å²) >= 11 is 0. The maximum Gasteiger partial charge on any atom is 0.174 e. The predicted octanol–water partition coefficient (Wildman–Crippen LogP) is 4.90. The summed E-state index contributed by atoms with van der Waals surface area (Å²) < 4.78 is 6.48. The Labute approximate surface area is 110 Å². The molecule has 0 aromatic rings. The first-order chi connectivity index (χ1) is 7.89. The molecule has 0 bridgehead atoms. The molecule has 1 aliphatic heterocycles. The second-order valence-electron chi connectivity index (χ2n) is 6.60. The highest BCUT2D eigenvalue weighted by molar-refractivity contribution is 7.38. The van der Waals surface area contributed by atoms with Gasteiger partial charge in [-0.1, -0.05) is 38.1 Å². The van der Waals surface area contributed by atoms with E-state index in [-0.39, 0.29) is 0 Å². The van der Waals surface area contributed by atoms with E-state index in [1.165, 1.54) is 44.6 Å². The monoisotopic (exact) mass is 270 g/mol. The van der Waals surface area contributed by atoms with Gasteiger partial charge in [0.2, 0.25) is 0 Å². The van der Waals surface area contributed by atoms with E-state index < -0.39 is 15.4 Å². The highest BCUT2D eigenvalue weighted by Gasteiger charge is 2.47. The van der Waals surface area contributed by atoms with Crippen molar-refractivity contribution in [1.29, 1.82) is 0 Å². The molecule has 0 radical (unpaired) electrons. The largest absolute Gasteiger partial charge is 0.417 e. The van der Waals surface area contributed by atoms with Crippen LogP contribution in [0.25, 0.3) is 0 Å². The lowest BCUT2D eigenvalue weighted by Crippen LogP contribution is -2.61. The number of unbranched alkanes of at least 4 members (excludes halogenated alkanes) is 3. The van der Waals surface area contributed by atoms with Gasteiger partial charge in [0.25, 0.3) is 0 Å². The maximum absolute atomic E-state index is 6.48. The Morgan fingerprint density at radius 1 is 1.18 bits per heavy atom. The predicted molar refractivity (Wildman–Crippen MR) is 82.5 cm³/mol. The average Bonchev–Trinajstić information content (AvgIpc) is 2.23. The molecule has 0 saturated carbocycles. The molecule has 0 aromatic heterocycles. The highest BCUT2D eigenvalue weighted by Crippen LogP contribution is 2.34. The summed E-state index contributed by atoms with van der Waals surface area (Å²) in [5.74, 6) is 0. The SMILES string of the molecule is C=CCCCCCC1CC[Si](C)(C)[Si](C)(C)O1. The van der Waals surface area contributed by atoms with E-state index in [9.17, 15) is 0 Å². The van der Waals surface area contributed by atoms with Crippen molar-refractivity contribution in [3.8, 4) is 0 Å². The molecule has 1 fully saturated rings. The van der Waals surface area contributed by atoms with Crippen molar-refractivity contribution < 1.29 is 4.43 Å². The summed E-state index contributed by atoms with van der Waals surface area (Å²) in [6.45, 7) is 13.7. The molecular formula is C14H30OSi2. The van der Waals surface area contributed by atoms with Crippen LogP contribution in [0.15, 0.2) is 12.7 Å². The van der Waals surface area contributed by atoms with Crippen LogP contribution in [0.3, 0.4) is 0 Å². The van der Waals surface area contributed by atoms with Crippen LogP contribution in [0, 0.1) is 0 Å². The van der Waals surface area contributed by atoms with Gasteiger partial charge in [-0.3, -0.25) is 0 Å². The standard InChI is InChI=1S/C14H30OSi2/c1-6-7-8-9-10-11-14-12-13-16(2,3)17(4,5)15-14/h6,14H,1,7-13H2,2-5H3. The van der Waals surface area contributed by atoms with E-state index >= 15 is 0 Å². The van der Waals surface area contributed by atoms with Crippen LogP contribution in [0.1, 0.15) is 38.5 Å². The molecule has 17 heavy (non-hydrogen) atoms. The second kappa shape index (κ2) is 6.34. The maximum atomic E-state index is 6.48. The molecule has 0 aliphatic carbocycles. The minimum Gasteiger partial charge on any atom is -0.417 e. The lowest BCUT2D eigenvalue weighted by molar-refractivity contribution is 0.171. The van der Waals surface area contributed by atoms with E-state index in [2.05, 4.69) is 32.8 Å². The Kier molecular flexibility index (Phi) is 5.67. The van der Waals surface area contributed by atoms with Crippen LogP contribution in [0.2, 0.25) is 32.2 Å². The summed E-state index contributed by atoms with van der Waals surface area (Å²) in [7, 11) is -2.35. The molecule has 3 heteroatoms. The molecule has 1 saturated heterocycles. The molecule has 1 aliphatic rings. The quantitative estimate of drug-likeness (QED) is 0.379. The van der Waals surface area contributed by atoms with Gasteiger partial charge >= 0.3 is 0 Å². The van der Waals surface area contributed by atoms with Gasteiger partial charge < -0.3 is 4.43 Å². The molecule has 100 valence electrons. The van der Waals surface area contributed by atoms with Crippen molar-refractivity contribution in [1.82, 2.24) is 0 Å². The van der Waals surface area contributed by atoms with Gasteiger partial charge in [0.05, 0.1) is 7.59 Å². The van der Waals surface area contributed by atoms with E-state index in [0.717, 1.165) is 0 Å². The van der Waals surface area contributed by atoms with Crippen LogP contribution in [0.4, 0.5) is 0 Å². The van der Waals surface area contributed by atoms with Crippen LogP contribution in [-0.2, 0) is 4.43 Å². The molecule has 0 N–H and O–H groups in total. The first kappa shape index (κ1) is 15.2. The molecule has 0 spiro atoms. The molecule has 0 amide bonds. The Morgan fingerprint density at radius 3 is 2.47 bits per heavy atom. The third-order valence-electron chi connectivity index (χ3n) is 4.62. The molecule has 1 nitrogen and oxygen atoms in total. The topological polar surface area (TPSA) is 9.23 Å². The second-order valence-corrected chi connectivity index (χ2v) is 21.8. The number of rotatable bonds is 6. The fraction of sp³-hybridized carbons (Fsp3) is 0.857. The Morgan fingerprint density at radius 2 is 1.88 bits per heavy atom. The molecule has 1 rings (SSSR count). The summed E-state index contributed by atoms with van der Waals surface area (Å²) in [6, 6.07) is 1.49. The zero-order valence-electron chi connectivity index (χ0n) is 12.2. The molecule has 0 aromatic carbocycles. The fourth-order valence-electron chi connectivity index (χ4n) is 2.50. The Hall–Kier alpha value is 0.134. The molecular weight excluding hydrogens is 240 g/mol. The van der Waals surface area contributed by atoms with Gasteiger partial charge in [-0.2, -0.15) is 0 Å². The molecule has 1 heterocycles. The number of allylic oxidation sites excluding steroid dienone is 1. The van der Waals surface area contributed by atoms with E-state index in [1.807, 2.05) is 6.08 Å². The first-order valence-corrected chi connectivity index (χ1v) is 14.3. The zero-order valence-corrected chi connectivity index (χ0v) is 14.2. The minimum absolute atomic E-state index is 0.584. The van der Waals surface area contributed by atoms with E-state index in [0.29, 0.717) is 6.10 Å². The van der Waals surface area contributed by atoms with Crippen LogP contribution >= 0.6 is 0 Å². The van der Waals surface area contributed by atoms with Gasteiger partial charge in [-0.05, 0) is 38.8 Å². The highest BCUT2D eigenvalue weighted by atomic mass is 29.3. The molecule has 1 atom stereocenters. The van der Waals surface area contributed by atoms with Gasteiger partial charge in [-0.25, -0.2) is 0 Å². The summed E-state index contributed by atoms with van der Waals surface area (Å²) in [5.41, 5.74) is 0. The fourth-order valence-corrected chi connectivity index (χ4v) is 9.23. The summed E-state index contributed by atoms with van der Waals surface area (Å²) in [6.07, 6.45) is 10.4.